The topological polar surface area (TPSA) is 128 Å². The smallest absolute Gasteiger partial charge is 0.276 e. The maximum Gasteiger partial charge on any atom is 0.276 e. The number of carbonyl (C=O) groups excluding carboxylic acids is 1. The SMILES string of the molecule is Cc1cc(CC2(C)COc3c(cn(C)c3C(=O)Nc3ccnc(Cl)c3)S(=O)(=O)N2)no1. The van der Waals surface area contributed by atoms with Crippen LogP contribution >= 0.6 is 11.6 Å². The molecule has 1 aliphatic heterocycles. The number of ether oxygens (including phenoxy) is 1. The van der Waals surface area contributed by atoms with E-state index in [1.165, 1.54) is 23.0 Å². The molecule has 3 aromatic rings. The van der Waals surface area contributed by atoms with Gasteiger partial charge in [-0.05, 0) is 26.0 Å². The van der Waals surface area contributed by atoms with E-state index >= 15 is 0 Å². The summed E-state index contributed by atoms with van der Waals surface area (Å²) in [7, 11) is -2.41. The summed E-state index contributed by atoms with van der Waals surface area (Å²) in [4.78, 5) is 16.7. The van der Waals surface area contributed by atoms with Crippen LogP contribution in [0.5, 0.6) is 5.75 Å². The summed E-state index contributed by atoms with van der Waals surface area (Å²) in [5.74, 6) is 0.0553. The molecule has 0 aliphatic carbocycles. The van der Waals surface area contributed by atoms with Crippen LogP contribution in [-0.4, -0.2) is 41.2 Å². The Hall–Kier alpha value is -2.89. The van der Waals surface area contributed by atoms with Gasteiger partial charge in [0.1, 0.15) is 22.4 Å². The van der Waals surface area contributed by atoms with Gasteiger partial charge in [0.2, 0.25) is 10.0 Å². The van der Waals surface area contributed by atoms with Crippen molar-refractivity contribution in [3.63, 3.8) is 0 Å². The van der Waals surface area contributed by atoms with Crippen molar-refractivity contribution in [2.24, 2.45) is 7.05 Å². The van der Waals surface area contributed by atoms with Gasteiger partial charge in [0.25, 0.3) is 5.91 Å². The third-order valence-electron chi connectivity index (χ3n) is 4.76. The number of halogens is 1. The predicted octanol–water partition coefficient (Wildman–Crippen LogP) is 2.29. The van der Waals surface area contributed by atoms with Crippen molar-refractivity contribution in [2.45, 2.75) is 30.7 Å². The van der Waals surface area contributed by atoms with E-state index in [0.29, 0.717) is 17.1 Å². The summed E-state index contributed by atoms with van der Waals surface area (Å²) in [5.41, 5.74) is 0.0700. The third-order valence-corrected chi connectivity index (χ3v) is 6.59. The lowest BCUT2D eigenvalue weighted by Gasteiger charge is -2.26. The molecule has 1 amide bonds. The molecule has 10 nitrogen and oxygen atoms in total. The molecule has 12 heteroatoms. The van der Waals surface area contributed by atoms with Crippen molar-refractivity contribution in [3.8, 4) is 5.75 Å². The summed E-state index contributed by atoms with van der Waals surface area (Å²) in [6.07, 6.45) is 3.04. The van der Waals surface area contributed by atoms with Crippen molar-refractivity contribution in [1.29, 1.82) is 0 Å². The van der Waals surface area contributed by atoms with E-state index < -0.39 is 21.5 Å². The highest BCUT2D eigenvalue weighted by atomic mass is 35.5. The van der Waals surface area contributed by atoms with Crippen LogP contribution in [0.1, 0.15) is 28.9 Å². The van der Waals surface area contributed by atoms with Gasteiger partial charge in [0.05, 0.1) is 11.2 Å². The van der Waals surface area contributed by atoms with E-state index in [1.54, 1.807) is 33.0 Å². The predicted molar refractivity (Wildman–Crippen MR) is 112 cm³/mol. The van der Waals surface area contributed by atoms with Crippen LogP contribution in [-0.2, 0) is 23.5 Å². The van der Waals surface area contributed by atoms with Gasteiger partial charge in [-0.3, -0.25) is 4.79 Å². The van der Waals surface area contributed by atoms with Crippen LogP contribution in [0.2, 0.25) is 5.15 Å². The third kappa shape index (κ3) is 4.29. The first kappa shape index (κ1) is 21.3. The maximum absolute atomic E-state index is 13.1. The normalized spacial score (nSPS) is 19.9. The number of hydrogen-bond donors (Lipinski definition) is 2. The van der Waals surface area contributed by atoms with Crippen molar-refractivity contribution < 1.29 is 22.5 Å². The Morgan fingerprint density at radius 1 is 1.42 bits per heavy atom. The number of aryl methyl sites for hydroxylation is 2. The first-order valence-corrected chi connectivity index (χ1v) is 11.1. The molecule has 0 saturated heterocycles. The first-order valence-electron chi connectivity index (χ1n) is 9.27. The van der Waals surface area contributed by atoms with Gasteiger partial charge in [-0.15, -0.1) is 0 Å². The molecule has 1 atom stereocenters. The zero-order chi connectivity index (χ0) is 22.4. The fraction of sp³-hybridized carbons (Fsp3) is 0.316. The Balaban J connectivity index is 1.66. The summed E-state index contributed by atoms with van der Waals surface area (Å²) in [6.45, 7) is 3.44. The fourth-order valence-electron chi connectivity index (χ4n) is 3.47. The zero-order valence-electron chi connectivity index (χ0n) is 17.0. The Bertz CT molecular complexity index is 1270. The molecule has 1 unspecified atom stereocenters. The Morgan fingerprint density at radius 3 is 2.87 bits per heavy atom. The molecule has 4 heterocycles. The number of fused-ring (bicyclic) bond motifs is 1. The highest BCUT2D eigenvalue weighted by Crippen LogP contribution is 2.35. The zero-order valence-corrected chi connectivity index (χ0v) is 18.5. The van der Waals surface area contributed by atoms with Gasteiger partial charge in [0.15, 0.2) is 11.4 Å². The second kappa shape index (κ2) is 7.66. The van der Waals surface area contributed by atoms with E-state index in [1.807, 2.05) is 0 Å². The Morgan fingerprint density at radius 2 is 2.19 bits per heavy atom. The quantitative estimate of drug-likeness (QED) is 0.565. The minimum atomic E-state index is -3.98. The van der Waals surface area contributed by atoms with Crippen molar-refractivity contribution in [2.75, 3.05) is 11.9 Å². The van der Waals surface area contributed by atoms with Crippen LogP contribution in [0.3, 0.4) is 0 Å². The number of nitrogens with zero attached hydrogens (tertiary/aromatic N) is 3. The van der Waals surface area contributed by atoms with Gasteiger partial charge in [-0.2, -0.15) is 0 Å². The standard InChI is InChI=1S/C19H20ClN5O5S/c1-11-6-13(23-30-11)8-19(2)10-29-17-14(31(27,28)24-19)9-25(3)16(17)18(26)22-12-4-5-21-15(20)7-12/h4-7,9,24H,8,10H2,1-3H3,(H,21,22,26). The number of rotatable bonds is 4. The number of amides is 1. The van der Waals surface area contributed by atoms with Crippen LogP contribution in [0.15, 0.2) is 40.0 Å². The Kier molecular flexibility index (Phi) is 5.28. The number of anilines is 1. The minimum Gasteiger partial charge on any atom is -0.488 e. The number of carbonyl (C=O) groups is 1. The number of hydrogen-bond acceptors (Lipinski definition) is 7. The van der Waals surface area contributed by atoms with Gasteiger partial charge in [-0.25, -0.2) is 18.1 Å². The van der Waals surface area contributed by atoms with E-state index in [0.717, 1.165) is 0 Å². The number of nitrogens with one attached hydrogen (secondary N) is 2. The molecule has 4 rings (SSSR count). The molecule has 3 aromatic heterocycles. The molecule has 0 fully saturated rings. The highest BCUT2D eigenvalue weighted by Gasteiger charge is 2.40. The summed E-state index contributed by atoms with van der Waals surface area (Å²) in [5, 5.41) is 6.83. The van der Waals surface area contributed by atoms with Gasteiger partial charge in [0, 0.05) is 37.6 Å². The van der Waals surface area contributed by atoms with E-state index in [4.69, 9.17) is 20.9 Å². The summed E-state index contributed by atoms with van der Waals surface area (Å²) >= 11 is 5.87. The average molecular weight is 466 g/mol. The molecule has 0 saturated carbocycles. The molecule has 0 spiro atoms. The van der Waals surface area contributed by atoms with Crippen molar-refractivity contribution in [3.05, 3.63) is 52.9 Å². The summed E-state index contributed by atoms with van der Waals surface area (Å²) in [6, 6.07) is 4.79. The van der Waals surface area contributed by atoms with Crippen LogP contribution in [0.25, 0.3) is 0 Å². The molecule has 0 radical (unpaired) electrons. The fourth-order valence-corrected chi connectivity index (χ4v) is 5.23. The van der Waals surface area contributed by atoms with Crippen LogP contribution in [0, 0.1) is 6.92 Å². The van der Waals surface area contributed by atoms with Crippen LogP contribution in [0.4, 0.5) is 5.69 Å². The van der Waals surface area contributed by atoms with Crippen molar-refractivity contribution in [1.82, 2.24) is 19.4 Å². The second-order valence-electron chi connectivity index (χ2n) is 7.66. The van der Waals surface area contributed by atoms with Gasteiger partial charge in [-0.1, -0.05) is 16.8 Å². The van der Waals surface area contributed by atoms with Gasteiger partial charge >= 0.3 is 0 Å². The van der Waals surface area contributed by atoms with E-state index in [9.17, 15) is 13.2 Å². The Labute approximate surface area is 183 Å². The lowest BCUT2D eigenvalue weighted by Crippen LogP contribution is -2.50. The molecule has 2 N–H and O–H groups in total. The van der Waals surface area contributed by atoms with E-state index in [-0.39, 0.29) is 34.5 Å². The second-order valence-corrected chi connectivity index (χ2v) is 9.70. The molecular formula is C19H20ClN5O5S. The average Bonchev–Trinajstić information content (AvgIpc) is 3.19. The van der Waals surface area contributed by atoms with E-state index in [2.05, 4.69) is 20.2 Å². The monoisotopic (exact) mass is 465 g/mol. The minimum absolute atomic E-state index is 0.0173. The van der Waals surface area contributed by atoms with Gasteiger partial charge < -0.3 is 19.1 Å². The lowest BCUT2D eigenvalue weighted by atomic mass is 9.98. The lowest BCUT2D eigenvalue weighted by molar-refractivity contribution is 0.101. The van der Waals surface area contributed by atoms with Crippen LogP contribution < -0.4 is 14.8 Å². The maximum atomic E-state index is 13.1. The molecule has 0 bridgehead atoms. The molecule has 1 aliphatic rings. The number of aromatic nitrogens is 3. The number of pyridine rings is 1. The molecule has 31 heavy (non-hydrogen) atoms. The number of sulfonamides is 1. The molecular weight excluding hydrogens is 446 g/mol. The first-order chi connectivity index (χ1) is 14.6. The molecule has 0 aromatic carbocycles. The largest absolute Gasteiger partial charge is 0.488 e. The summed E-state index contributed by atoms with van der Waals surface area (Å²) < 4.78 is 41.2. The highest BCUT2D eigenvalue weighted by molar-refractivity contribution is 7.89. The molecule has 164 valence electrons. The van der Waals surface area contributed by atoms with Crippen molar-refractivity contribution >= 4 is 33.2 Å².